The van der Waals surface area contributed by atoms with E-state index in [-0.39, 0.29) is 0 Å². The predicted molar refractivity (Wildman–Crippen MR) is 72.9 cm³/mol. The van der Waals surface area contributed by atoms with Crippen LogP contribution in [0.25, 0.3) is 11.1 Å². The first-order valence-corrected chi connectivity index (χ1v) is 5.89. The largest absolute Gasteiger partial charge is 0.453 e. The van der Waals surface area contributed by atoms with Gasteiger partial charge in [0.2, 0.25) is 0 Å². The highest BCUT2D eigenvalue weighted by molar-refractivity contribution is 6.30. The maximum atomic E-state index is 13.9. The van der Waals surface area contributed by atoms with E-state index in [1.165, 1.54) is 25.3 Å². The average Bonchev–Trinajstić information content (AvgIpc) is 2.42. The fourth-order valence-electron chi connectivity index (χ4n) is 1.69. The number of halogens is 2. The van der Waals surface area contributed by atoms with Gasteiger partial charge in [-0.25, -0.2) is 9.18 Å². The van der Waals surface area contributed by atoms with Crippen LogP contribution in [0, 0.1) is 5.82 Å². The Balaban J connectivity index is 2.50. The minimum Gasteiger partial charge on any atom is -0.453 e. The molecular weight excluding hydrogens is 269 g/mol. The Morgan fingerprint density at radius 1 is 1.21 bits per heavy atom. The third-order valence-electron chi connectivity index (χ3n) is 2.57. The number of benzene rings is 2. The Labute approximate surface area is 115 Å². The highest BCUT2D eigenvalue weighted by Gasteiger charge is 2.12. The van der Waals surface area contributed by atoms with E-state index >= 15 is 0 Å². The van der Waals surface area contributed by atoms with Crippen molar-refractivity contribution in [3.8, 4) is 11.1 Å². The van der Waals surface area contributed by atoms with E-state index < -0.39 is 11.9 Å². The molecular formula is C14H11ClFNO2. The van der Waals surface area contributed by atoms with Gasteiger partial charge in [0, 0.05) is 16.1 Å². The number of hydrogen-bond acceptors (Lipinski definition) is 2. The number of carbonyl (C=O) groups is 1. The SMILES string of the molecule is COC(=O)Nc1ccccc1-c1cc(Cl)ccc1F. The minimum atomic E-state index is -0.616. The Morgan fingerprint density at radius 3 is 2.68 bits per heavy atom. The van der Waals surface area contributed by atoms with Crippen LogP contribution in [0.3, 0.4) is 0 Å². The van der Waals surface area contributed by atoms with Crippen molar-refractivity contribution in [2.75, 3.05) is 12.4 Å². The third kappa shape index (κ3) is 3.03. The lowest BCUT2D eigenvalue weighted by atomic mass is 10.0. The zero-order valence-corrected chi connectivity index (χ0v) is 10.9. The summed E-state index contributed by atoms with van der Waals surface area (Å²) in [6.07, 6.45) is -0.616. The molecule has 0 fully saturated rings. The molecule has 0 spiro atoms. The molecule has 0 atom stereocenters. The van der Waals surface area contributed by atoms with Crippen molar-refractivity contribution in [3.63, 3.8) is 0 Å². The first kappa shape index (κ1) is 13.4. The molecule has 5 heteroatoms. The second-order valence-corrected chi connectivity index (χ2v) is 4.22. The van der Waals surface area contributed by atoms with Gasteiger partial charge < -0.3 is 4.74 Å². The van der Waals surface area contributed by atoms with Crippen LogP contribution in [0.15, 0.2) is 42.5 Å². The van der Waals surface area contributed by atoms with Crippen molar-refractivity contribution < 1.29 is 13.9 Å². The summed E-state index contributed by atoms with van der Waals surface area (Å²) in [5.41, 5.74) is 1.31. The molecule has 0 aliphatic carbocycles. The van der Waals surface area contributed by atoms with Crippen molar-refractivity contribution in [3.05, 3.63) is 53.3 Å². The van der Waals surface area contributed by atoms with Gasteiger partial charge in [-0.3, -0.25) is 5.32 Å². The van der Waals surface area contributed by atoms with Gasteiger partial charge in [-0.15, -0.1) is 0 Å². The molecule has 0 saturated heterocycles. The van der Waals surface area contributed by atoms with Gasteiger partial charge in [0.25, 0.3) is 0 Å². The summed E-state index contributed by atoms with van der Waals surface area (Å²) in [7, 11) is 1.26. The normalized spacial score (nSPS) is 10.1. The van der Waals surface area contributed by atoms with Gasteiger partial charge in [-0.1, -0.05) is 29.8 Å². The number of carbonyl (C=O) groups excluding carboxylic acids is 1. The average molecular weight is 280 g/mol. The number of hydrogen-bond donors (Lipinski definition) is 1. The molecule has 0 aliphatic rings. The molecule has 0 heterocycles. The number of rotatable bonds is 2. The quantitative estimate of drug-likeness (QED) is 0.889. The van der Waals surface area contributed by atoms with Gasteiger partial charge >= 0.3 is 6.09 Å². The van der Waals surface area contributed by atoms with Crippen LogP contribution in [0.4, 0.5) is 14.9 Å². The predicted octanol–water partition coefficient (Wildman–Crippen LogP) is 4.32. The van der Waals surface area contributed by atoms with Crippen LogP contribution in [-0.2, 0) is 4.74 Å². The van der Waals surface area contributed by atoms with E-state index in [1.54, 1.807) is 24.3 Å². The lowest BCUT2D eigenvalue weighted by molar-refractivity contribution is 0.187. The summed E-state index contributed by atoms with van der Waals surface area (Å²) in [6.45, 7) is 0. The monoisotopic (exact) mass is 279 g/mol. The molecule has 1 amide bonds. The van der Waals surface area contributed by atoms with Crippen molar-refractivity contribution in [1.82, 2.24) is 0 Å². The maximum absolute atomic E-state index is 13.9. The number of nitrogens with one attached hydrogen (secondary N) is 1. The molecule has 0 bridgehead atoms. The van der Waals surface area contributed by atoms with Crippen molar-refractivity contribution in [2.45, 2.75) is 0 Å². The molecule has 19 heavy (non-hydrogen) atoms. The van der Waals surface area contributed by atoms with E-state index in [9.17, 15) is 9.18 Å². The molecule has 3 nitrogen and oxygen atoms in total. The molecule has 98 valence electrons. The number of anilines is 1. The Kier molecular flexibility index (Phi) is 4.02. The molecule has 2 rings (SSSR count). The molecule has 0 aliphatic heterocycles. The Morgan fingerprint density at radius 2 is 1.95 bits per heavy atom. The topological polar surface area (TPSA) is 38.3 Å². The fraction of sp³-hybridized carbons (Fsp3) is 0.0714. The van der Waals surface area contributed by atoms with Gasteiger partial charge in [0.15, 0.2) is 0 Å². The lowest BCUT2D eigenvalue weighted by Crippen LogP contribution is -2.11. The van der Waals surface area contributed by atoms with Gasteiger partial charge in [0.1, 0.15) is 5.82 Å². The zero-order valence-electron chi connectivity index (χ0n) is 10.1. The van der Waals surface area contributed by atoms with E-state index in [0.29, 0.717) is 21.8 Å². The summed E-state index contributed by atoms with van der Waals surface area (Å²) in [5.74, 6) is -0.413. The van der Waals surface area contributed by atoms with Crippen LogP contribution in [0.5, 0.6) is 0 Å². The number of amides is 1. The van der Waals surface area contributed by atoms with E-state index in [0.717, 1.165) is 0 Å². The van der Waals surface area contributed by atoms with Crippen molar-refractivity contribution in [2.24, 2.45) is 0 Å². The van der Waals surface area contributed by atoms with Gasteiger partial charge in [-0.05, 0) is 24.3 Å². The summed E-state index contributed by atoms with van der Waals surface area (Å²) < 4.78 is 18.4. The zero-order chi connectivity index (χ0) is 13.8. The van der Waals surface area contributed by atoms with Crippen LogP contribution in [-0.4, -0.2) is 13.2 Å². The minimum absolute atomic E-state index is 0.319. The van der Waals surface area contributed by atoms with E-state index in [2.05, 4.69) is 10.1 Å². The van der Waals surface area contributed by atoms with E-state index in [1.807, 2.05) is 0 Å². The molecule has 1 N–H and O–H groups in total. The van der Waals surface area contributed by atoms with Crippen LogP contribution in [0.1, 0.15) is 0 Å². The Hall–Kier alpha value is -2.07. The van der Waals surface area contributed by atoms with Crippen molar-refractivity contribution >= 4 is 23.4 Å². The highest BCUT2D eigenvalue weighted by Crippen LogP contribution is 2.31. The number of methoxy groups -OCH3 is 1. The fourth-order valence-corrected chi connectivity index (χ4v) is 1.86. The van der Waals surface area contributed by atoms with Crippen LogP contribution >= 0.6 is 11.6 Å². The van der Waals surface area contributed by atoms with E-state index in [4.69, 9.17) is 11.6 Å². The Bertz CT molecular complexity index is 616. The van der Waals surface area contributed by atoms with Crippen LogP contribution in [0.2, 0.25) is 5.02 Å². The molecule has 2 aromatic carbocycles. The first-order chi connectivity index (χ1) is 9.11. The molecule has 0 saturated carbocycles. The lowest BCUT2D eigenvalue weighted by Gasteiger charge is -2.11. The summed E-state index contributed by atoms with van der Waals surface area (Å²) >= 11 is 5.87. The first-order valence-electron chi connectivity index (χ1n) is 5.51. The van der Waals surface area contributed by atoms with Gasteiger partial charge in [-0.2, -0.15) is 0 Å². The second-order valence-electron chi connectivity index (χ2n) is 3.79. The molecule has 0 radical (unpaired) electrons. The summed E-state index contributed by atoms with van der Waals surface area (Å²) in [6, 6.07) is 11.1. The number of ether oxygens (including phenoxy) is 1. The smallest absolute Gasteiger partial charge is 0.411 e. The second kappa shape index (κ2) is 5.71. The van der Waals surface area contributed by atoms with Gasteiger partial charge in [0.05, 0.1) is 12.8 Å². The number of para-hydroxylation sites is 1. The molecule has 2 aromatic rings. The standard InChI is InChI=1S/C14H11ClFNO2/c1-19-14(18)17-13-5-3-2-4-10(13)11-8-9(15)6-7-12(11)16/h2-8H,1H3,(H,17,18). The maximum Gasteiger partial charge on any atom is 0.411 e. The summed E-state index contributed by atoms with van der Waals surface area (Å²) in [4.78, 5) is 11.3. The van der Waals surface area contributed by atoms with Crippen LogP contribution < -0.4 is 5.32 Å². The highest BCUT2D eigenvalue weighted by atomic mass is 35.5. The van der Waals surface area contributed by atoms with Crippen molar-refractivity contribution in [1.29, 1.82) is 0 Å². The molecule has 0 aromatic heterocycles. The summed E-state index contributed by atoms with van der Waals surface area (Å²) in [5, 5.41) is 2.96. The molecule has 0 unspecified atom stereocenters. The third-order valence-corrected chi connectivity index (χ3v) is 2.80.